The number of hydrogen-bond acceptors (Lipinski definition) is 3. The molecule has 0 aromatic heterocycles. The molecule has 2 saturated heterocycles. The van der Waals surface area contributed by atoms with Crippen molar-refractivity contribution in [1.29, 1.82) is 10.5 Å². The van der Waals surface area contributed by atoms with E-state index in [4.69, 9.17) is 15.3 Å². The van der Waals surface area contributed by atoms with E-state index in [0.717, 1.165) is 36.2 Å². The minimum Gasteiger partial charge on any atom is -0.370 e. The molecule has 0 aromatic carbocycles. The first-order chi connectivity index (χ1) is 8.83. The van der Waals surface area contributed by atoms with Gasteiger partial charge in [-0.2, -0.15) is 10.5 Å². The average molecular weight is 240 g/mol. The van der Waals surface area contributed by atoms with E-state index in [-0.39, 0.29) is 6.10 Å². The predicted octanol–water partition coefficient (Wildman–Crippen LogP) is 2.55. The molecule has 0 N–H and O–H groups in total. The summed E-state index contributed by atoms with van der Waals surface area (Å²) in [6.07, 6.45) is 6.51. The molecule has 0 radical (unpaired) electrons. The summed E-state index contributed by atoms with van der Waals surface area (Å²) in [5.74, 6) is 3.00. The molecule has 0 aromatic rings. The van der Waals surface area contributed by atoms with Crippen molar-refractivity contribution in [2.75, 3.05) is 0 Å². The summed E-state index contributed by atoms with van der Waals surface area (Å²) >= 11 is 0. The molecule has 0 spiro atoms. The molecular weight excluding hydrogens is 224 g/mol. The Morgan fingerprint density at radius 1 is 1.06 bits per heavy atom. The SMILES string of the molecule is N#CC(C#N)=C1CC[C@H]2O[C@@H]1[C@@H]1[C@H]3CC[C@H](C3)[C@@H]12. The second-order valence-electron chi connectivity index (χ2n) is 6.25. The van der Waals surface area contributed by atoms with Crippen LogP contribution in [0.4, 0.5) is 0 Å². The van der Waals surface area contributed by atoms with Crippen LogP contribution < -0.4 is 0 Å². The van der Waals surface area contributed by atoms with Crippen LogP contribution in [-0.4, -0.2) is 12.2 Å². The highest BCUT2D eigenvalue weighted by molar-refractivity contribution is 5.43. The lowest BCUT2D eigenvalue weighted by molar-refractivity contribution is 0.00939. The second-order valence-corrected chi connectivity index (χ2v) is 6.25. The van der Waals surface area contributed by atoms with E-state index in [0.29, 0.717) is 17.6 Å². The van der Waals surface area contributed by atoms with Crippen LogP contribution in [0.3, 0.4) is 0 Å². The Morgan fingerprint density at radius 3 is 2.50 bits per heavy atom. The number of allylic oxidation sites excluding steroid dienone is 1. The molecule has 2 aliphatic carbocycles. The van der Waals surface area contributed by atoms with Gasteiger partial charge >= 0.3 is 0 Å². The van der Waals surface area contributed by atoms with Gasteiger partial charge in [-0.1, -0.05) is 0 Å². The van der Waals surface area contributed by atoms with Crippen LogP contribution in [0.5, 0.6) is 0 Å². The highest BCUT2D eigenvalue weighted by Gasteiger charge is 2.60. The number of fused-ring (bicyclic) bond motifs is 9. The van der Waals surface area contributed by atoms with Gasteiger partial charge in [0.2, 0.25) is 0 Å². The Kier molecular flexibility index (Phi) is 2.11. The summed E-state index contributed by atoms with van der Waals surface area (Å²) in [7, 11) is 0. The Labute approximate surface area is 107 Å². The molecule has 2 aliphatic heterocycles. The summed E-state index contributed by atoms with van der Waals surface area (Å²) in [6, 6.07) is 4.13. The fourth-order valence-electron chi connectivity index (χ4n) is 5.20. The zero-order chi connectivity index (χ0) is 12.3. The maximum atomic E-state index is 9.09. The molecular formula is C15H16N2O. The van der Waals surface area contributed by atoms with E-state index in [2.05, 4.69) is 12.1 Å². The molecule has 0 amide bonds. The Balaban J connectivity index is 1.76. The van der Waals surface area contributed by atoms with Crippen LogP contribution in [0, 0.1) is 46.3 Å². The van der Waals surface area contributed by atoms with Crippen molar-refractivity contribution in [1.82, 2.24) is 0 Å². The summed E-state index contributed by atoms with van der Waals surface area (Å²) in [5.41, 5.74) is 1.33. The van der Waals surface area contributed by atoms with Crippen molar-refractivity contribution in [3.63, 3.8) is 0 Å². The fraction of sp³-hybridized carbons (Fsp3) is 0.733. The minimum absolute atomic E-state index is 0.0957. The van der Waals surface area contributed by atoms with Crippen LogP contribution in [0.15, 0.2) is 11.1 Å². The van der Waals surface area contributed by atoms with Gasteiger partial charge in [0.1, 0.15) is 17.7 Å². The van der Waals surface area contributed by atoms with Crippen molar-refractivity contribution in [3.05, 3.63) is 11.1 Å². The van der Waals surface area contributed by atoms with E-state index in [1.807, 2.05) is 0 Å². The van der Waals surface area contributed by atoms with Crippen LogP contribution in [0.25, 0.3) is 0 Å². The normalized spacial score (nSPS) is 47.6. The first-order valence-corrected chi connectivity index (χ1v) is 7.02. The quantitative estimate of drug-likeness (QED) is 0.611. The van der Waals surface area contributed by atoms with E-state index in [1.165, 1.54) is 19.3 Å². The van der Waals surface area contributed by atoms with Crippen LogP contribution in [0.2, 0.25) is 0 Å². The molecule has 18 heavy (non-hydrogen) atoms. The molecule has 92 valence electrons. The first-order valence-electron chi connectivity index (χ1n) is 7.02. The summed E-state index contributed by atoms with van der Waals surface area (Å²) in [6.45, 7) is 0. The Morgan fingerprint density at radius 2 is 1.78 bits per heavy atom. The molecule has 3 nitrogen and oxygen atoms in total. The molecule has 3 heteroatoms. The zero-order valence-electron chi connectivity index (χ0n) is 10.3. The van der Waals surface area contributed by atoms with Gasteiger partial charge in [0.05, 0.1) is 12.2 Å². The lowest BCUT2D eigenvalue weighted by Gasteiger charge is -2.27. The van der Waals surface area contributed by atoms with Crippen LogP contribution in [0.1, 0.15) is 32.1 Å². The molecule has 6 atom stereocenters. The molecule has 4 aliphatic rings. The lowest BCUT2D eigenvalue weighted by Crippen LogP contribution is -2.27. The summed E-state index contributed by atoms with van der Waals surface area (Å²) < 4.78 is 6.18. The lowest BCUT2D eigenvalue weighted by atomic mass is 9.76. The van der Waals surface area contributed by atoms with E-state index < -0.39 is 0 Å². The number of rotatable bonds is 0. The third-order valence-electron chi connectivity index (χ3n) is 5.73. The highest BCUT2D eigenvalue weighted by atomic mass is 16.5. The van der Waals surface area contributed by atoms with Gasteiger partial charge in [-0.3, -0.25) is 0 Å². The van der Waals surface area contributed by atoms with Gasteiger partial charge < -0.3 is 4.74 Å². The van der Waals surface area contributed by atoms with E-state index in [9.17, 15) is 0 Å². The smallest absolute Gasteiger partial charge is 0.131 e. The monoisotopic (exact) mass is 240 g/mol. The number of ether oxygens (including phenoxy) is 1. The largest absolute Gasteiger partial charge is 0.370 e. The number of nitrogens with zero attached hydrogens (tertiary/aromatic N) is 2. The molecule has 2 saturated carbocycles. The second kappa shape index (κ2) is 3.59. The van der Waals surface area contributed by atoms with Crippen molar-refractivity contribution in [3.8, 4) is 12.1 Å². The maximum absolute atomic E-state index is 9.09. The number of nitriles is 2. The highest BCUT2D eigenvalue weighted by Crippen LogP contribution is 2.62. The van der Waals surface area contributed by atoms with Crippen molar-refractivity contribution in [2.24, 2.45) is 23.7 Å². The third-order valence-corrected chi connectivity index (χ3v) is 5.73. The Bertz CT molecular complexity index is 494. The predicted molar refractivity (Wildman–Crippen MR) is 64.0 cm³/mol. The van der Waals surface area contributed by atoms with Crippen molar-refractivity contribution in [2.45, 2.75) is 44.3 Å². The molecule has 4 bridgehead atoms. The van der Waals surface area contributed by atoms with Gasteiger partial charge in [-0.15, -0.1) is 0 Å². The Hall–Kier alpha value is -1.32. The molecule has 4 rings (SSSR count). The van der Waals surface area contributed by atoms with Gasteiger partial charge in [-0.05, 0) is 61.3 Å². The van der Waals surface area contributed by atoms with Gasteiger partial charge in [0.25, 0.3) is 0 Å². The van der Waals surface area contributed by atoms with Crippen molar-refractivity contribution < 1.29 is 4.74 Å². The molecule has 2 heterocycles. The minimum atomic E-state index is 0.0957. The van der Waals surface area contributed by atoms with Gasteiger partial charge in [-0.25, -0.2) is 0 Å². The van der Waals surface area contributed by atoms with Gasteiger partial charge in [0.15, 0.2) is 0 Å². The molecule has 0 unspecified atom stereocenters. The standard InChI is InChI=1S/C15H16N2O/c16-6-10(7-17)11-3-4-12-13-8-1-2-9(5-8)14(13)15(11)18-12/h8-9,12-15H,1-5H2/t8-,9+,12-,13-,14-,15+/m1/s1. The average Bonchev–Trinajstić information content (AvgIpc) is 3.07. The number of hydrogen-bond donors (Lipinski definition) is 0. The van der Waals surface area contributed by atoms with E-state index >= 15 is 0 Å². The summed E-state index contributed by atoms with van der Waals surface area (Å²) in [4.78, 5) is 0. The topological polar surface area (TPSA) is 56.8 Å². The van der Waals surface area contributed by atoms with Gasteiger partial charge in [0, 0.05) is 0 Å². The third kappa shape index (κ3) is 1.16. The van der Waals surface area contributed by atoms with Crippen LogP contribution >= 0.6 is 0 Å². The zero-order valence-corrected chi connectivity index (χ0v) is 10.3. The fourth-order valence-corrected chi connectivity index (χ4v) is 5.20. The first kappa shape index (κ1) is 10.6. The molecule has 4 fully saturated rings. The maximum Gasteiger partial charge on any atom is 0.131 e. The summed E-state index contributed by atoms with van der Waals surface area (Å²) in [5, 5.41) is 18.2. The van der Waals surface area contributed by atoms with Crippen LogP contribution in [-0.2, 0) is 4.74 Å². The van der Waals surface area contributed by atoms with E-state index in [1.54, 1.807) is 0 Å². The van der Waals surface area contributed by atoms with Crippen molar-refractivity contribution >= 4 is 0 Å².